The summed E-state index contributed by atoms with van der Waals surface area (Å²) < 4.78 is 1.54. The fraction of sp³-hybridized carbons (Fsp3) is 0.545. The van der Waals surface area contributed by atoms with Crippen LogP contribution in [0.3, 0.4) is 0 Å². The second-order valence-corrected chi connectivity index (χ2v) is 4.39. The molecule has 0 aliphatic heterocycles. The molecule has 0 atom stereocenters. The first-order valence-electron chi connectivity index (χ1n) is 4.77. The molecule has 0 fully saturated rings. The molecule has 0 aliphatic carbocycles. The van der Waals surface area contributed by atoms with Gasteiger partial charge in [0, 0.05) is 18.3 Å². The quantitative estimate of drug-likeness (QED) is 0.769. The molecular formula is C11H17NO2. The third-order valence-electron chi connectivity index (χ3n) is 2.17. The summed E-state index contributed by atoms with van der Waals surface area (Å²) in [6.45, 7) is 6.38. The maximum Gasteiger partial charge on any atom is 0.254 e. The Bertz CT molecular complexity index is 360. The SMILES string of the molecule is CC(C)(C)c1cccn(CCO)c1=O. The van der Waals surface area contributed by atoms with Crippen LogP contribution in [0, 0.1) is 0 Å². The zero-order chi connectivity index (χ0) is 10.8. The minimum Gasteiger partial charge on any atom is -0.395 e. The van der Waals surface area contributed by atoms with Crippen molar-refractivity contribution < 1.29 is 5.11 Å². The van der Waals surface area contributed by atoms with Gasteiger partial charge >= 0.3 is 0 Å². The van der Waals surface area contributed by atoms with Crippen molar-refractivity contribution in [1.29, 1.82) is 0 Å². The van der Waals surface area contributed by atoms with Crippen molar-refractivity contribution >= 4 is 0 Å². The van der Waals surface area contributed by atoms with Crippen LogP contribution in [-0.2, 0) is 12.0 Å². The Balaban J connectivity index is 3.22. The third-order valence-corrected chi connectivity index (χ3v) is 2.17. The lowest BCUT2D eigenvalue weighted by atomic mass is 9.88. The lowest BCUT2D eigenvalue weighted by Crippen LogP contribution is -2.30. The van der Waals surface area contributed by atoms with E-state index in [1.807, 2.05) is 32.9 Å². The second kappa shape index (κ2) is 3.96. The molecule has 1 heterocycles. The summed E-state index contributed by atoms with van der Waals surface area (Å²) in [4.78, 5) is 11.9. The van der Waals surface area contributed by atoms with Crippen molar-refractivity contribution in [2.45, 2.75) is 32.7 Å². The maximum atomic E-state index is 11.9. The average Bonchev–Trinajstić information content (AvgIpc) is 2.07. The van der Waals surface area contributed by atoms with E-state index in [4.69, 9.17) is 5.11 Å². The van der Waals surface area contributed by atoms with Crippen LogP contribution in [0.1, 0.15) is 26.3 Å². The molecule has 0 aromatic carbocycles. The molecule has 1 N–H and O–H groups in total. The normalized spacial score (nSPS) is 11.7. The largest absolute Gasteiger partial charge is 0.395 e. The van der Waals surface area contributed by atoms with Crippen LogP contribution in [0.15, 0.2) is 23.1 Å². The van der Waals surface area contributed by atoms with Crippen molar-refractivity contribution in [3.63, 3.8) is 0 Å². The first-order chi connectivity index (χ1) is 6.46. The molecule has 3 nitrogen and oxygen atoms in total. The summed E-state index contributed by atoms with van der Waals surface area (Å²) in [5.74, 6) is 0. The zero-order valence-electron chi connectivity index (χ0n) is 8.95. The highest BCUT2D eigenvalue weighted by Gasteiger charge is 2.17. The van der Waals surface area contributed by atoms with Gasteiger partial charge in [0.05, 0.1) is 6.61 Å². The summed E-state index contributed by atoms with van der Waals surface area (Å²) in [5, 5.41) is 8.78. The van der Waals surface area contributed by atoms with Crippen LogP contribution in [0.4, 0.5) is 0 Å². The molecule has 0 radical (unpaired) electrons. The second-order valence-electron chi connectivity index (χ2n) is 4.39. The summed E-state index contributed by atoms with van der Waals surface area (Å²) in [5.41, 5.74) is 0.637. The third kappa shape index (κ3) is 2.23. The number of nitrogens with zero attached hydrogens (tertiary/aromatic N) is 1. The van der Waals surface area contributed by atoms with E-state index in [1.165, 1.54) is 0 Å². The molecule has 0 amide bonds. The lowest BCUT2D eigenvalue weighted by molar-refractivity contribution is 0.273. The van der Waals surface area contributed by atoms with Crippen LogP contribution < -0.4 is 5.56 Å². The van der Waals surface area contributed by atoms with Gasteiger partial charge in [-0.15, -0.1) is 0 Å². The number of hydrogen-bond donors (Lipinski definition) is 1. The van der Waals surface area contributed by atoms with Gasteiger partial charge in [-0.2, -0.15) is 0 Å². The molecule has 0 bridgehead atoms. The van der Waals surface area contributed by atoms with E-state index in [0.717, 1.165) is 5.56 Å². The number of hydrogen-bond acceptors (Lipinski definition) is 2. The Kier molecular flexibility index (Phi) is 3.11. The first-order valence-corrected chi connectivity index (χ1v) is 4.77. The minimum absolute atomic E-state index is 0.00551. The Morgan fingerprint density at radius 3 is 2.57 bits per heavy atom. The van der Waals surface area contributed by atoms with Crippen LogP contribution in [0.5, 0.6) is 0 Å². The van der Waals surface area contributed by atoms with E-state index < -0.39 is 0 Å². The molecule has 3 heteroatoms. The van der Waals surface area contributed by atoms with Gasteiger partial charge in [0.25, 0.3) is 5.56 Å². The van der Waals surface area contributed by atoms with Gasteiger partial charge in [-0.25, -0.2) is 0 Å². The Morgan fingerprint density at radius 1 is 1.43 bits per heavy atom. The predicted octanol–water partition coefficient (Wildman–Crippen LogP) is 1.14. The number of rotatable bonds is 2. The summed E-state index contributed by atoms with van der Waals surface area (Å²) in [6, 6.07) is 3.69. The van der Waals surface area contributed by atoms with Crippen LogP contribution in [-0.4, -0.2) is 16.3 Å². The fourth-order valence-corrected chi connectivity index (χ4v) is 1.39. The van der Waals surface area contributed by atoms with E-state index in [0.29, 0.717) is 6.54 Å². The summed E-state index contributed by atoms with van der Waals surface area (Å²) in [6.07, 6.45) is 1.70. The highest BCUT2D eigenvalue weighted by molar-refractivity contribution is 5.19. The van der Waals surface area contributed by atoms with Crippen molar-refractivity contribution in [2.24, 2.45) is 0 Å². The average molecular weight is 195 g/mol. The van der Waals surface area contributed by atoms with E-state index in [-0.39, 0.29) is 17.6 Å². The van der Waals surface area contributed by atoms with Gasteiger partial charge in [-0.1, -0.05) is 26.8 Å². The number of pyridine rings is 1. The van der Waals surface area contributed by atoms with Crippen LogP contribution in [0.25, 0.3) is 0 Å². The topological polar surface area (TPSA) is 42.2 Å². The molecule has 14 heavy (non-hydrogen) atoms. The number of aliphatic hydroxyl groups is 1. The monoisotopic (exact) mass is 195 g/mol. The lowest BCUT2D eigenvalue weighted by Gasteiger charge is -2.18. The fourth-order valence-electron chi connectivity index (χ4n) is 1.39. The van der Waals surface area contributed by atoms with Gasteiger partial charge in [-0.05, 0) is 11.5 Å². The van der Waals surface area contributed by atoms with Crippen molar-refractivity contribution in [2.75, 3.05) is 6.61 Å². The molecule has 0 saturated heterocycles. The maximum absolute atomic E-state index is 11.9. The number of aromatic nitrogens is 1. The predicted molar refractivity (Wildman–Crippen MR) is 56.5 cm³/mol. The van der Waals surface area contributed by atoms with Crippen molar-refractivity contribution in [1.82, 2.24) is 4.57 Å². The molecule has 0 saturated carbocycles. The molecule has 1 aromatic rings. The Morgan fingerprint density at radius 2 is 2.07 bits per heavy atom. The van der Waals surface area contributed by atoms with Gasteiger partial charge in [0.2, 0.25) is 0 Å². The van der Waals surface area contributed by atoms with Gasteiger partial charge in [-0.3, -0.25) is 4.79 Å². The summed E-state index contributed by atoms with van der Waals surface area (Å²) in [7, 11) is 0. The standard InChI is InChI=1S/C11H17NO2/c1-11(2,3)9-5-4-6-12(7-8-13)10(9)14/h4-6,13H,7-8H2,1-3H3. The Labute approximate surface area is 84.0 Å². The molecule has 1 aromatic heterocycles. The van der Waals surface area contributed by atoms with E-state index in [9.17, 15) is 4.79 Å². The zero-order valence-corrected chi connectivity index (χ0v) is 8.95. The molecule has 0 spiro atoms. The highest BCUT2D eigenvalue weighted by Crippen LogP contribution is 2.17. The smallest absolute Gasteiger partial charge is 0.254 e. The van der Waals surface area contributed by atoms with Crippen molar-refractivity contribution in [3.8, 4) is 0 Å². The summed E-state index contributed by atoms with van der Waals surface area (Å²) >= 11 is 0. The van der Waals surface area contributed by atoms with Crippen molar-refractivity contribution in [3.05, 3.63) is 34.2 Å². The molecular weight excluding hydrogens is 178 g/mol. The van der Waals surface area contributed by atoms with Crippen LogP contribution in [0.2, 0.25) is 0 Å². The molecule has 1 rings (SSSR count). The highest BCUT2D eigenvalue weighted by atomic mass is 16.3. The number of aliphatic hydroxyl groups excluding tert-OH is 1. The van der Waals surface area contributed by atoms with E-state index in [2.05, 4.69) is 0 Å². The molecule has 0 aliphatic rings. The Hall–Kier alpha value is -1.09. The van der Waals surface area contributed by atoms with Crippen LogP contribution >= 0.6 is 0 Å². The van der Waals surface area contributed by atoms with E-state index >= 15 is 0 Å². The molecule has 0 unspecified atom stereocenters. The minimum atomic E-state index is -0.143. The molecule has 78 valence electrons. The van der Waals surface area contributed by atoms with Gasteiger partial charge in [0.15, 0.2) is 0 Å². The van der Waals surface area contributed by atoms with Gasteiger partial charge < -0.3 is 9.67 Å². The first kappa shape index (κ1) is 11.0. The van der Waals surface area contributed by atoms with E-state index in [1.54, 1.807) is 10.8 Å². The van der Waals surface area contributed by atoms with Gasteiger partial charge in [0.1, 0.15) is 0 Å².